The minimum Gasteiger partial charge on any atom is -0.481 e. The van der Waals surface area contributed by atoms with Crippen LogP contribution in [0.3, 0.4) is 0 Å². The van der Waals surface area contributed by atoms with E-state index in [4.69, 9.17) is 10.2 Å². The maximum absolute atomic E-state index is 10.3. The molecule has 0 unspecified atom stereocenters. The second-order valence-electron chi connectivity index (χ2n) is 8.46. The highest BCUT2D eigenvalue weighted by Gasteiger charge is 2.26. The highest BCUT2D eigenvalue weighted by Crippen LogP contribution is 2.38. The first kappa shape index (κ1) is 24.4. The van der Waals surface area contributed by atoms with Gasteiger partial charge >= 0.3 is 11.9 Å². The standard InChI is InChI=1S/C12H18.C6H12O2.C5H8O3/c1-2-10-7-5-8-11-6-3-4-9-12(10)11;1-4-6(2,3)5(7)8;6-4-1-2-8-5(7)3-4/h5-6,8,10,12H,2-4,7,9H2,1H3;4H2,1-3H3,(H,7,8);4,6H,1-3H2/t10-,12+;;4-/m0.1/s1. The minimum atomic E-state index is -0.722. The van der Waals surface area contributed by atoms with Gasteiger partial charge in [-0.15, -0.1) is 0 Å². The summed E-state index contributed by atoms with van der Waals surface area (Å²) in [7, 11) is 0. The molecular formula is C23H38O5. The van der Waals surface area contributed by atoms with Crippen LogP contribution in [0.4, 0.5) is 0 Å². The number of carboxylic acids is 1. The molecule has 160 valence electrons. The van der Waals surface area contributed by atoms with Crippen molar-refractivity contribution in [3.05, 3.63) is 23.8 Å². The van der Waals surface area contributed by atoms with Crippen LogP contribution in [0.2, 0.25) is 0 Å². The quantitative estimate of drug-likeness (QED) is 0.666. The topological polar surface area (TPSA) is 83.8 Å². The number of aliphatic hydroxyl groups is 1. The first-order valence-corrected chi connectivity index (χ1v) is 10.6. The highest BCUT2D eigenvalue weighted by atomic mass is 16.5. The zero-order chi connectivity index (χ0) is 21.2. The molecule has 0 radical (unpaired) electrons. The Morgan fingerprint density at radius 2 is 2.00 bits per heavy atom. The van der Waals surface area contributed by atoms with Crippen LogP contribution in [0.25, 0.3) is 0 Å². The van der Waals surface area contributed by atoms with Crippen LogP contribution in [-0.4, -0.2) is 34.9 Å². The highest BCUT2D eigenvalue weighted by molar-refractivity contribution is 5.73. The molecule has 1 saturated heterocycles. The number of hydrogen-bond donors (Lipinski definition) is 2. The Labute approximate surface area is 169 Å². The molecule has 0 saturated carbocycles. The summed E-state index contributed by atoms with van der Waals surface area (Å²) in [4.78, 5) is 20.5. The molecule has 0 bridgehead atoms. The predicted molar refractivity (Wildman–Crippen MR) is 111 cm³/mol. The van der Waals surface area contributed by atoms with Gasteiger partial charge in [0.25, 0.3) is 0 Å². The van der Waals surface area contributed by atoms with E-state index < -0.39 is 17.5 Å². The summed E-state index contributed by atoms with van der Waals surface area (Å²) >= 11 is 0. The van der Waals surface area contributed by atoms with Crippen LogP contribution in [0.1, 0.15) is 79.1 Å². The Balaban J connectivity index is 0.000000219. The van der Waals surface area contributed by atoms with E-state index in [1.165, 1.54) is 32.1 Å². The summed E-state index contributed by atoms with van der Waals surface area (Å²) in [6, 6.07) is 0. The lowest BCUT2D eigenvalue weighted by molar-refractivity contribution is -0.151. The summed E-state index contributed by atoms with van der Waals surface area (Å²) < 4.78 is 4.55. The number of carbonyl (C=O) groups excluding carboxylic acids is 1. The lowest BCUT2D eigenvalue weighted by Gasteiger charge is -2.32. The third kappa shape index (κ3) is 8.17. The van der Waals surface area contributed by atoms with Crippen molar-refractivity contribution in [2.24, 2.45) is 17.3 Å². The number of rotatable bonds is 3. The molecule has 2 N–H and O–H groups in total. The Kier molecular flexibility index (Phi) is 10.5. The Morgan fingerprint density at radius 1 is 1.29 bits per heavy atom. The van der Waals surface area contributed by atoms with Gasteiger partial charge in [0, 0.05) is 6.42 Å². The van der Waals surface area contributed by atoms with Crippen LogP contribution in [0.15, 0.2) is 23.8 Å². The van der Waals surface area contributed by atoms with Crippen molar-refractivity contribution in [1.29, 1.82) is 0 Å². The Bertz CT molecular complexity index is 561. The van der Waals surface area contributed by atoms with E-state index in [1.807, 2.05) is 6.92 Å². The monoisotopic (exact) mass is 394 g/mol. The molecule has 0 amide bonds. The number of fused-ring (bicyclic) bond motifs is 1. The van der Waals surface area contributed by atoms with E-state index >= 15 is 0 Å². The van der Waals surface area contributed by atoms with Crippen molar-refractivity contribution in [2.45, 2.75) is 85.2 Å². The molecule has 3 atom stereocenters. The summed E-state index contributed by atoms with van der Waals surface area (Å²) in [5.41, 5.74) is 1.10. The van der Waals surface area contributed by atoms with Crippen LogP contribution in [0, 0.1) is 17.3 Å². The van der Waals surface area contributed by atoms with Gasteiger partial charge in [0.15, 0.2) is 0 Å². The first-order chi connectivity index (χ1) is 13.2. The van der Waals surface area contributed by atoms with Crippen molar-refractivity contribution in [2.75, 3.05) is 6.61 Å². The van der Waals surface area contributed by atoms with E-state index in [-0.39, 0.29) is 12.4 Å². The van der Waals surface area contributed by atoms with Gasteiger partial charge in [0.2, 0.25) is 0 Å². The second kappa shape index (κ2) is 12.1. The Hall–Kier alpha value is -1.62. The van der Waals surface area contributed by atoms with E-state index in [0.29, 0.717) is 19.4 Å². The average molecular weight is 395 g/mol. The van der Waals surface area contributed by atoms with Gasteiger partial charge < -0.3 is 14.9 Å². The average Bonchev–Trinajstić information content (AvgIpc) is 2.68. The number of carbonyl (C=O) groups is 2. The molecule has 0 aromatic rings. The third-order valence-corrected chi connectivity index (χ3v) is 5.95. The number of aliphatic hydroxyl groups excluding tert-OH is 1. The number of cyclic esters (lactones) is 1. The van der Waals surface area contributed by atoms with Crippen molar-refractivity contribution < 1.29 is 24.5 Å². The largest absolute Gasteiger partial charge is 0.481 e. The molecule has 0 aromatic carbocycles. The molecule has 1 fully saturated rings. The van der Waals surface area contributed by atoms with E-state index in [1.54, 1.807) is 19.4 Å². The van der Waals surface area contributed by atoms with Crippen molar-refractivity contribution >= 4 is 11.9 Å². The van der Waals surface area contributed by atoms with Crippen LogP contribution >= 0.6 is 0 Å². The number of allylic oxidation sites excluding steroid dienone is 4. The maximum Gasteiger partial charge on any atom is 0.309 e. The smallest absolute Gasteiger partial charge is 0.309 e. The summed E-state index contributed by atoms with van der Waals surface area (Å²) in [5, 5.41) is 17.2. The summed E-state index contributed by atoms with van der Waals surface area (Å²) in [6.45, 7) is 8.01. The maximum atomic E-state index is 10.3. The number of hydrogen-bond acceptors (Lipinski definition) is 4. The van der Waals surface area contributed by atoms with E-state index in [2.05, 4.69) is 29.9 Å². The molecular weight excluding hydrogens is 356 g/mol. The molecule has 28 heavy (non-hydrogen) atoms. The normalized spacial score (nSPS) is 26.4. The fourth-order valence-electron chi connectivity index (χ4n) is 3.43. The predicted octanol–water partition coefficient (Wildman–Crippen LogP) is 4.89. The van der Waals surface area contributed by atoms with E-state index in [0.717, 1.165) is 11.8 Å². The number of esters is 1. The molecule has 2 aliphatic carbocycles. The number of aliphatic carboxylic acids is 1. The second-order valence-corrected chi connectivity index (χ2v) is 8.46. The van der Waals surface area contributed by atoms with Crippen molar-refractivity contribution in [1.82, 2.24) is 0 Å². The van der Waals surface area contributed by atoms with Crippen LogP contribution in [-0.2, 0) is 14.3 Å². The molecule has 5 nitrogen and oxygen atoms in total. The minimum absolute atomic E-state index is 0.167. The zero-order valence-corrected chi connectivity index (χ0v) is 17.9. The molecule has 5 heteroatoms. The fraction of sp³-hybridized carbons (Fsp3) is 0.739. The molecule has 0 aromatic heterocycles. The third-order valence-electron chi connectivity index (χ3n) is 5.95. The Morgan fingerprint density at radius 3 is 2.46 bits per heavy atom. The fourth-order valence-corrected chi connectivity index (χ4v) is 3.43. The summed E-state index contributed by atoms with van der Waals surface area (Å²) in [6.07, 6.45) is 15.0. The van der Waals surface area contributed by atoms with Gasteiger partial charge in [-0.1, -0.05) is 38.5 Å². The van der Waals surface area contributed by atoms with Gasteiger partial charge in [-0.3, -0.25) is 9.59 Å². The SMILES string of the molecule is CCC(C)(C)C(=O)O.CC[C@H]1CC=CC2=CCCC[C@@H]21.O=C1C[C@H](O)CCO1. The van der Waals surface area contributed by atoms with Gasteiger partial charge in [-0.2, -0.15) is 0 Å². The van der Waals surface area contributed by atoms with Crippen LogP contribution in [0.5, 0.6) is 0 Å². The molecule has 0 spiro atoms. The molecule has 1 heterocycles. The number of ether oxygens (including phenoxy) is 1. The first-order valence-electron chi connectivity index (χ1n) is 10.6. The number of carboxylic acid groups (broad SMARTS) is 1. The van der Waals surface area contributed by atoms with Crippen LogP contribution < -0.4 is 0 Å². The molecule has 1 aliphatic heterocycles. The van der Waals surface area contributed by atoms with Crippen molar-refractivity contribution in [3.63, 3.8) is 0 Å². The van der Waals surface area contributed by atoms with Gasteiger partial charge in [0.1, 0.15) is 0 Å². The lowest BCUT2D eigenvalue weighted by Crippen LogP contribution is -2.24. The van der Waals surface area contributed by atoms with Gasteiger partial charge in [-0.05, 0) is 63.4 Å². The van der Waals surface area contributed by atoms with Gasteiger partial charge in [-0.25, -0.2) is 0 Å². The summed E-state index contributed by atoms with van der Waals surface area (Å²) in [5.74, 6) is 0.846. The molecule has 3 aliphatic rings. The zero-order valence-electron chi connectivity index (χ0n) is 17.9. The van der Waals surface area contributed by atoms with Gasteiger partial charge in [0.05, 0.1) is 24.5 Å². The molecule has 3 rings (SSSR count). The lowest BCUT2D eigenvalue weighted by atomic mass is 9.73. The van der Waals surface area contributed by atoms with Crippen molar-refractivity contribution in [3.8, 4) is 0 Å². The van der Waals surface area contributed by atoms with E-state index in [9.17, 15) is 9.59 Å².